The van der Waals surface area contributed by atoms with Gasteiger partial charge in [-0.25, -0.2) is 0 Å². The Balaban J connectivity index is 1.39. The summed E-state index contributed by atoms with van der Waals surface area (Å²) in [6, 6.07) is 6.05. The second kappa shape index (κ2) is 8.81. The van der Waals surface area contributed by atoms with E-state index in [1.54, 1.807) is 11.0 Å². The Bertz CT molecular complexity index is 1160. The number of aromatic nitrogens is 3. The highest BCUT2D eigenvalue weighted by Gasteiger charge is 2.32. The van der Waals surface area contributed by atoms with E-state index in [0.29, 0.717) is 37.4 Å². The maximum atomic E-state index is 13.0. The molecule has 0 saturated carbocycles. The Morgan fingerprint density at radius 3 is 2.52 bits per heavy atom. The first-order chi connectivity index (χ1) is 15.6. The molecule has 174 valence electrons. The molecule has 1 N–H and O–H groups in total. The third-order valence-corrected chi connectivity index (χ3v) is 5.72. The van der Waals surface area contributed by atoms with Crippen molar-refractivity contribution in [3.8, 4) is 11.4 Å². The summed E-state index contributed by atoms with van der Waals surface area (Å²) in [5.41, 5.74) is 0.263. The highest BCUT2D eigenvalue weighted by molar-refractivity contribution is 5.99. The molecule has 0 aliphatic carbocycles. The number of ketones is 1. The quantitative estimate of drug-likeness (QED) is 0.581. The Morgan fingerprint density at radius 1 is 1.15 bits per heavy atom. The van der Waals surface area contributed by atoms with Gasteiger partial charge < -0.3 is 14.4 Å². The predicted molar refractivity (Wildman–Crippen MR) is 111 cm³/mol. The molecule has 1 saturated heterocycles. The van der Waals surface area contributed by atoms with Gasteiger partial charge in [0.1, 0.15) is 5.69 Å². The minimum absolute atomic E-state index is 0.0878. The van der Waals surface area contributed by atoms with E-state index in [0.717, 1.165) is 12.1 Å². The monoisotopic (exact) mass is 461 g/mol. The number of alkyl halides is 3. The molecule has 11 heteroatoms. The molecule has 1 fully saturated rings. The number of amides is 1. The first-order valence-electron chi connectivity index (χ1n) is 10.4. The van der Waals surface area contributed by atoms with Crippen molar-refractivity contribution in [3.05, 3.63) is 59.2 Å². The minimum atomic E-state index is -4.46. The fourth-order valence-electron chi connectivity index (χ4n) is 3.72. The van der Waals surface area contributed by atoms with Gasteiger partial charge >= 0.3 is 6.18 Å². The number of carbonyl (C=O) groups is 2. The lowest BCUT2D eigenvalue weighted by molar-refractivity contribution is -0.137. The van der Waals surface area contributed by atoms with E-state index in [4.69, 9.17) is 4.52 Å². The summed E-state index contributed by atoms with van der Waals surface area (Å²) < 4.78 is 44.3. The van der Waals surface area contributed by atoms with E-state index in [9.17, 15) is 22.8 Å². The van der Waals surface area contributed by atoms with Gasteiger partial charge in [-0.1, -0.05) is 17.3 Å². The molecule has 0 bridgehead atoms. The van der Waals surface area contributed by atoms with Crippen molar-refractivity contribution in [2.24, 2.45) is 0 Å². The normalized spacial score (nSPS) is 16.1. The summed E-state index contributed by atoms with van der Waals surface area (Å²) in [4.78, 5) is 35.0. The first kappa shape index (κ1) is 22.7. The molecule has 3 heterocycles. The van der Waals surface area contributed by atoms with Gasteiger partial charge in [0.05, 0.1) is 11.6 Å². The number of benzene rings is 1. The van der Waals surface area contributed by atoms with Crippen LogP contribution in [0.3, 0.4) is 0 Å². The molecule has 4 rings (SSSR count). The van der Waals surface area contributed by atoms with Gasteiger partial charge in [0.2, 0.25) is 11.7 Å². The lowest BCUT2D eigenvalue weighted by Crippen LogP contribution is -2.49. The van der Waals surface area contributed by atoms with E-state index >= 15 is 0 Å². The summed E-state index contributed by atoms with van der Waals surface area (Å²) in [5.74, 6) is 0.0786. The molecule has 1 aliphatic heterocycles. The van der Waals surface area contributed by atoms with E-state index in [1.807, 2.05) is 6.92 Å². The number of Topliss-reactive ketones (excluding diaryl/α,β-unsaturated/α-hetero) is 1. The number of hydrogen-bond acceptors (Lipinski definition) is 6. The lowest BCUT2D eigenvalue weighted by Gasteiger charge is -2.36. The molecule has 0 radical (unpaired) electrons. The average molecular weight is 461 g/mol. The van der Waals surface area contributed by atoms with Crippen molar-refractivity contribution in [2.45, 2.75) is 26.1 Å². The van der Waals surface area contributed by atoms with Gasteiger partial charge in [-0.15, -0.1) is 0 Å². The van der Waals surface area contributed by atoms with Crippen LogP contribution in [0.4, 0.5) is 13.2 Å². The van der Waals surface area contributed by atoms with Crippen LogP contribution in [0.25, 0.3) is 11.4 Å². The molecule has 3 aromatic rings. The second-order valence-corrected chi connectivity index (χ2v) is 7.90. The summed E-state index contributed by atoms with van der Waals surface area (Å²) in [6.07, 6.45) is -2.94. The van der Waals surface area contributed by atoms with Crippen LogP contribution < -0.4 is 0 Å². The molecular formula is C22H22F3N5O3. The Kier molecular flexibility index (Phi) is 6.07. The van der Waals surface area contributed by atoms with Crippen LogP contribution in [-0.2, 0) is 6.18 Å². The van der Waals surface area contributed by atoms with Gasteiger partial charge in [0.25, 0.3) is 5.91 Å². The average Bonchev–Trinajstić information content (AvgIpc) is 3.48. The van der Waals surface area contributed by atoms with Crippen molar-refractivity contribution >= 4 is 11.7 Å². The molecule has 2 aromatic heterocycles. The smallest absolute Gasteiger partial charge is 0.356 e. The summed E-state index contributed by atoms with van der Waals surface area (Å²) in [7, 11) is 0. The Hall–Kier alpha value is -3.47. The number of hydrogen-bond donors (Lipinski definition) is 1. The molecule has 1 aliphatic rings. The molecule has 1 amide bonds. The molecule has 1 atom stereocenters. The Morgan fingerprint density at radius 2 is 1.88 bits per heavy atom. The highest BCUT2D eigenvalue weighted by atomic mass is 19.4. The van der Waals surface area contributed by atoms with Gasteiger partial charge in [-0.05, 0) is 32.0 Å². The van der Waals surface area contributed by atoms with Crippen LogP contribution in [-0.4, -0.2) is 62.8 Å². The number of halogens is 3. The predicted octanol–water partition coefficient (Wildman–Crippen LogP) is 3.81. The summed E-state index contributed by atoms with van der Waals surface area (Å²) in [5, 5.41) is 3.85. The Labute approximate surface area is 187 Å². The van der Waals surface area contributed by atoms with Gasteiger partial charge in [-0.3, -0.25) is 14.5 Å². The van der Waals surface area contributed by atoms with Crippen molar-refractivity contribution in [3.63, 3.8) is 0 Å². The van der Waals surface area contributed by atoms with E-state index in [1.165, 1.54) is 25.3 Å². The molecular weight excluding hydrogens is 439 g/mol. The number of nitrogens with zero attached hydrogens (tertiary/aromatic N) is 4. The van der Waals surface area contributed by atoms with Gasteiger partial charge in [-0.2, -0.15) is 18.2 Å². The van der Waals surface area contributed by atoms with Gasteiger partial charge in [0, 0.05) is 43.5 Å². The van der Waals surface area contributed by atoms with Crippen LogP contribution in [0.15, 0.2) is 41.1 Å². The molecule has 1 unspecified atom stereocenters. The zero-order chi connectivity index (χ0) is 23.8. The molecule has 8 nitrogen and oxygen atoms in total. The number of H-pyrrole nitrogens is 1. The topological polar surface area (TPSA) is 95.3 Å². The van der Waals surface area contributed by atoms with Crippen LogP contribution in [0.1, 0.15) is 52.2 Å². The SMILES string of the molecule is CC(=O)c1c[nH]c(C(=O)N2CCN(C(C)c3nc(-c4cccc(C(F)(F)F)c4)no3)CC2)c1. The maximum Gasteiger partial charge on any atom is 0.416 e. The maximum absolute atomic E-state index is 13.0. The third kappa shape index (κ3) is 4.82. The van der Waals surface area contributed by atoms with Crippen molar-refractivity contribution in [1.82, 2.24) is 24.9 Å². The third-order valence-electron chi connectivity index (χ3n) is 5.72. The van der Waals surface area contributed by atoms with Crippen LogP contribution in [0, 0.1) is 0 Å². The fraction of sp³-hybridized carbons (Fsp3) is 0.364. The van der Waals surface area contributed by atoms with E-state index in [2.05, 4.69) is 20.0 Å². The largest absolute Gasteiger partial charge is 0.416 e. The highest BCUT2D eigenvalue weighted by Crippen LogP contribution is 2.32. The van der Waals surface area contributed by atoms with Gasteiger partial charge in [0.15, 0.2) is 5.78 Å². The number of rotatable bonds is 5. The number of aromatic amines is 1. The van der Waals surface area contributed by atoms with E-state index < -0.39 is 11.7 Å². The van der Waals surface area contributed by atoms with Crippen molar-refractivity contribution in [1.29, 1.82) is 0 Å². The second-order valence-electron chi connectivity index (χ2n) is 7.90. The standard InChI is InChI=1S/C22H22F3N5O3/c1-13(20-27-19(28-33-20)15-4-3-5-17(10-15)22(23,24)25)29-6-8-30(9-7-29)21(32)18-11-16(12-26-18)14(2)31/h3-5,10-13,26H,6-9H2,1-2H3. The first-order valence-corrected chi connectivity index (χ1v) is 10.4. The zero-order valence-corrected chi connectivity index (χ0v) is 18.0. The summed E-state index contributed by atoms with van der Waals surface area (Å²) >= 11 is 0. The van der Waals surface area contributed by atoms with Crippen molar-refractivity contribution in [2.75, 3.05) is 26.2 Å². The zero-order valence-electron chi connectivity index (χ0n) is 18.0. The van der Waals surface area contributed by atoms with Crippen LogP contribution in [0.5, 0.6) is 0 Å². The molecule has 0 spiro atoms. The van der Waals surface area contributed by atoms with Crippen molar-refractivity contribution < 1.29 is 27.3 Å². The molecule has 1 aromatic carbocycles. The number of carbonyl (C=O) groups excluding carboxylic acids is 2. The van der Waals surface area contributed by atoms with Crippen LogP contribution in [0.2, 0.25) is 0 Å². The number of piperazine rings is 1. The van der Waals surface area contributed by atoms with E-state index in [-0.39, 0.29) is 35.0 Å². The number of nitrogens with one attached hydrogen (secondary N) is 1. The molecule has 33 heavy (non-hydrogen) atoms. The lowest BCUT2D eigenvalue weighted by atomic mass is 10.1. The van der Waals surface area contributed by atoms with Crippen LogP contribution >= 0.6 is 0 Å². The fourth-order valence-corrected chi connectivity index (χ4v) is 3.72. The minimum Gasteiger partial charge on any atom is -0.356 e. The summed E-state index contributed by atoms with van der Waals surface area (Å²) in [6.45, 7) is 5.33.